The molecule has 1 saturated heterocycles. The van der Waals surface area contributed by atoms with Gasteiger partial charge in [-0.2, -0.15) is 0 Å². The first-order chi connectivity index (χ1) is 8.60. The SMILES string of the molecule is O=S(=O)(c1ccccc1)C(F)CC1COCCO1. The Labute approximate surface area is 106 Å². The number of hydrogen-bond acceptors (Lipinski definition) is 4. The van der Waals surface area contributed by atoms with Crippen molar-refractivity contribution in [1.82, 2.24) is 0 Å². The van der Waals surface area contributed by atoms with E-state index < -0.39 is 21.4 Å². The Hall–Kier alpha value is -0.980. The zero-order chi connectivity index (χ0) is 13.0. The second-order valence-electron chi connectivity index (χ2n) is 4.07. The number of hydrogen-bond donors (Lipinski definition) is 0. The zero-order valence-electron chi connectivity index (χ0n) is 9.79. The largest absolute Gasteiger partial charge is 0.376 e. The van der Waals surface area contributed by atoms with E-state index in [0.29, 0.717) is 13.2 Å². The third-order valence-electron chi connectivity index (χ3n) is 2.74. The lowest BCUT2D eigenvalue weighted by atomic mass is 10.3. The maximum atomic E-state index is 13.9. The van der Waals surface area contributed by atoms with Crippen LogP contribution in [0, 0.1) is 0 Å². The second kappa shape index (κ2) is 5.77. The van der Waals surface area contributed by atoms with E-state index in [2.05, 4.69) is 0 Å². The zero-order valence-corrected chi connectivity index (χ0v) is 10.6. The molecule has 1 aliphatic rings. The standard InChI is InChI=1S/C12H15FO4S/c13-12(8-10-9-16-6-7-17-10)18(14,15)11-4-2-1-3-5-11/h1-5,10,12H,6-9H2. The highest BCUT2D eigenvalue weighted by atomic mass is 32.2. The van der Waals surface area contributed by atoms with Crippen molar-refractivity contribution in [2.45, 2.75) is 22.9 Å². The minimum Gasteiger partial charge on any atom is -0.376 e. The Bertz CT molecular complexity index is 468. The molecule has 2 atom stereocenters. The molecule has 0 amide bonds. The van der Waals surface area contributed by atoms with Crippen LogP contribution in [0.5, 0.6) is 0 Å². The minimum atomic E-state index is -3.94. The molecule has 2 unspecified atom stereocenters. The van der Waals surface area contributed by atoms with Gasteiger partial charge in [0.15, 0.2) is 0 Å². The van der Waals surface area contributed by atoms with Gasteiger partial charge < -0.3 is 9.47 Å². The van der Waals surface area contributed by atoms with Gasteiger partial charge in [0.05, 0.1) is 30.8 Å². The molecule has 0 N–H and O–H groups in total. The quantitative estimate of drug-likeness (QED) is 0.836. The molecule has 6 heteroatoms. The van der Waals surface area contributed by atoms with Crippen molar-refractivity contribution in [3.8, 4) is 0 Å². The Balaban J connectivity index is 2.05. The van der Waals surface area contributed by atoms with Gasteiger partial charge in [-0.1, -0.05) is 18.2 Å². The van der Waals surface area contributed by atoms with Crippen LogP contribution in [0.15, 0.2) is 35.2 Å². The normalized spacial score (nSPS) is 22.6. The monoisotopic (exact) mass is 274 g/mol. The molecule has 4 nitrogen and oxygen atoms in total. The highest BCUT2D eigenvalue weighted by molar-refractivity contribution is 7.91. The van der Waals surface area contributed by atoms with E-state index >= 15 is 0 Å². The van der Waals surface area contributed by atoms with Gasteiger partial charge >= 0.3 is 0 Å². The molecule has 1 aromatic carbocycles. The molecule has 0 bridgehead atoms. The first kappa shape index (κ1) is 13.5. The lowest BCUT2D eigenvalue weighted by Gasteiger charge is -2.24. The number of benzene rings is 1. The summed E-state index contributed by atoms with van der Waals surface area (Å²) in [6.45, 7) is 1.09. The lowest BCUT2D eigenvalue weighted by Crippen LogP contribution is -2.33. The molecule has 2 rings (SSSR count). The summed E-state index contributed by atoms with van der Waals surface area (Å²) in [4.78, 5) is -0.00534. The predicted octanol–water partition coefficient (Wildman–Crippen LogP) is 1.56. The van der Waals surface area contributed by atoms with Gasteiger partial charge in [-0.05, 0) is 12.1 Å². The average molecular weight is 274 g/mol. The van der Waals surface area contributed by atoms with E-state index in [9.17, 15) is 12.8 Å². The van der Waals surface area contributed by atoms with E-state index in [1.807, 2.05) is 0 Å². The Morgan fingerprint density at radius 3 is 2.61 bits per heavy atom. The number of sulfone groups is 1. The Morgan fingerprint density at radius 2 is 2.00 bits per heavy atom. The van der Waals surface area contributed by atoms with E-state index in [-0.39, 0.29) is 17.9 Å². The molecule has 0 aromatic heterocycles. The topological polar surface area (TPSA) is 52.6 Å². The van der Waals surface area contributed by atoms with Crippen molar-refractivity contribution in [3.63, 3.8) is 0 Å². The third-order valence-corrected chi connectivity index (χ3v) is 4.54. The lowest BCUT2D eigenvalue weighted by molar-refractivity contribution is -0.0937. The summed E-state index contributed by atoms with van der Waals surface area (Å²) in [7, 11) is -3.94. The molecule has 0 spiro atoms. The van der Waals surface area contributed by atoms with Crippen molar-refractivity contribution in [2.75, 3.05) is 19.8 Å². The molecule has 1 aliphatic heterocycles. The van der Waals surface area contributed by atoms with Crippen LogP contribution in [0.3, 0.4) is 0 Å². The maximum Gasteiger partial charge on any atom is 0.210 e. The van der Waals surface area contributed by atoms with Crippen molar-refractivity contribution in [1.29, 1.82) is 0 Å². The summed E-state index contributed by atoms with van der Waals surface area (Å²) >= 11 is 0. The molecule has 1 fully saturated rings. The van der Waals surface area contributed by atoms with E-state index in [0.717, 1.165) is 0 Å². The summed E-state index contributed by atoms with van der Waals surface area (Å²) in [6, 6.07) is 7.60. The van der Waals surface area contributed by atoms with Crippen LogP contribution in [0.25, 0.3) is 0 Å². The molecular formula is C12H15FO4S. The van der Waals surface area contributed by atoms with Gasteiger partial charge in [-0.3, -0.25) is 0 Å². The van der Waals surface area contributed by atoms with Gasteiger partial charge in [-0.15, -0.1) is 0 Å². The van der Waals surface area contributed by atoms with E-state index in [4.69, 9.17) is 9.47 Å². The molecule has 1 heterocycles. The van der Waals surface area contributed by atoms with Gasteiger partial charge in [0.1, 0.15) is 0 Å². The molecular weight excluding hydrogens is 259 g/mol. The number of halogens is 1. The predicted molar refractivity (Wildman–Crippen MR) is 63.7 cm³/mol. The summed E-state index contributed by atoms with van der Waals surface area (Å²) < 4.78 is 48.2. The van der Waals surface area contributed by atoms with E-state index in [1.54, 1.807) is 18.2 Å². The minimum absolute atomic E-state index is 0.00534. The summed E-state index contributed by atoms with van der Waals surface area (Å²) in [6.07, 6.45) is -0.690. The second-order valence-corrected chi connectivity index (χ2v) is 6.14. The fourth-order valence-electron chi connectivity index (χ4n) is 1.76. The van der Waals surface area contributed by atoms with Crippen molar-refractivity contribution in [2.24, 2.45) is 0 Å². The average Bonchev–Trinajstić information content (AvgIpc) is 2.41. The fourth-order valence-corrected chi connectivity index (χ4v) is 3.06. The third kappa shape index (κ3) is 3.07. The summed E-state index contributed by atoms with van der Waals surface area (Å²) in [5.74, 6) is 0. The summed E-state index contributed by atoms with van der Waals surface area (Å²) in [5, 5.41) is 0. The number of ether oxygens (including phenoxy) is 2. The molecule has 0 radical (unpaired) electrons. The Morgan fingerprint density at radius 1 is 1.28 bits per heavy atom. The van der Waals surface area contributed by atoms with Crippen LogP contribution in [0.2, 0.25) is 0 Å². The van der Waals surface area contributed by atoms with Crippen LogP contribution in [0.1, 0.15) is 6.42 Å². The molecule has 100 valence electrons. The maximum absolute atomic E-state index is 13.9. The Kier molecular flexibility index (Phi) is 4.31. The van der Waals surface area contributed by atoms with E-state index in [1.165, 1.54) is 12.1 Å². The van der Waals surface area contributed by atoms with Gasteiger partial charge in [0.25, 0.3) is 0 Å². The number of alkyl halides is 1. The van der Waals surface area contributed by atoms with Gasteiger partial charge in [0.2, 0.25) is 15.3 Å². The van der Waals surface area contributed by atoms with Crippen molar-refractivity contribution >= 4 is 9.84 Å². The van der Waals surface area contributed by atoms with Gasteiger partial charge in [0, 0.05) is 6.42 Å². The van der Waals surface area contributed by atoms with Gasteiger partial charge in [-0.25, -0.2) is 12.8 Å². The number of rotatable bonds is 4. The molecule has 1 aromatic rings. The summed E-state index contributed by atoms with van der Waals surface area (Å²) in [5.41, 5.74) is -1.97. The highest BCUT2D eigenvalue weighted by Gasteiger charge is 2.31. The van der Waals surface area contributed by atoms with Crippen LogP contribution in [0.4, 0.5) is 4.39 Å². The molecule has 0 saturated carbocycles. The van der Waals surface area contributed by atoms with Crippen LogP contribution >= 0.6 is 0 Å². The van der Waals surface area contributed by atoms with Crippen molar-refractivity contribution in [3.05, 3.63) is 30.3 Å². The molecule has 0 aliphatic carbocycles. The highest BCUT2D eigenvalue weighted by Crippen LogP contribution is 2.22. The first-order valence-corrected chi connectivity index (χ1v) is 7.27. The van der Waals surface area contributed by atoms with Crippen molar-refractivity contribution < 1.29 is 22.3 Å². The molecule has 18 heavy (non-hydrogen) atoms. The van der Waals surface area contributed by atoms with Crippen LogP contribution < -0.4 is 0 Å². The fraction of sp³-hybridized carbons (Fsp3) is 0.500. The first-order valence-electron chi connectivity index (χ1n) is 5.73. The van der Waals surface area contributed by atoms with Crippen LogP contribution in [-0.4, -0.2) is 39.8 Å². The van der Waals surface area contributed by atoms with Crippen LogP contribution in [-0.2, 0) is 19.3 Å². The smallest absolute Gasteiger partial charge is 0.210 e.